The lowest BCUT2D eigenvalue weighted by Crippen LogP contribution is -1.85. The Hall–Kier alpha value is -1.64. The lowest BCUT2D eigenvalue weighted by atomic mass is 10.2. The van der Waals surface area contributed by atoms with Crippen LogP contribution in [0.1, 0.15) is 32.1 Å². The smallest absolute Gasteiger partial charge is 0.226 e. The van der Waals surface area contributed by atoms with Gasteiger partial charge in [0.25, 0.3) is 0 Å². The van der Waals surface area contributed by atoms with Gasteiger partial charge in [-0.25, -0.2) is 0 Å². The molecule has 0 radical (unpaired) electrons. The summed E-state index contributed by atoms with van der Waals surface area (Å²) in [5.74, 6) is 1.43. The molecule has 84 valence electrons. The third kappa shape index (κ3) is 2.69. The highest BCUT2D eigenvalue weighted by Gasteiger charge is 2.07. The molecule has 0 aliphatic heterocycles. The summed E-state index contributed by atoms with van der Waals surface area (Å²) in [6, 6.07) is 9.90. The number of benzene rings is 1. The van der Waals surface area contributed by atoms with E-state index in [1.165, 1.54) is 12.8 Å². The van der Waals surface area contributed by atoms with E-state index in [9.17, 15) is 0 Å². The van der Waals surface area contributed by atoms with E-state index in [0.29, 0.717) is 5.82 Å². The van der Waals surface area contributed by atoms with Gasteiger partial charge in [0.15, 0.2) is 0 Å². The van der Waals surface area contributed by atoms with Gasteiger partial charge in [-0.15, -0.1) is 0 Å². The molecular weight excluding hydrogens is 200 g/mol. The molecule has 1 heterocycles. The van der Waals surface area contributed by atoms with Crippen LogP contribution in [0.5, 0.6) is 0 Å². The standard InChI is InChI=1S/C13H16N2O/c1-2-3-5-10-12-14-13(15-16-12)11-8-6-4-7-9-11/h4,6-9H,2-3,5,10H2,1H3. The van der Waals surface area contributed by atoms with E-state index in [4.69, 9.17) is 4.52 Å². The van der Waals surface area contributed by atoms with E-state index in [-0.39, 0.29) is 0 Å². The molecule has 0 bridgehead atoms. The number of aromatic nitrogens is 2. The number of unbranched alkanes of at least 4 members (excludes halogenated alkanes) is 2. The van der Waals surface area contributed by atoms with Gasteiger partial charge in [0.2, 0.25) is 11.7 Å². The minimum absolute atomic E-state index is 0.687. The van der Waals surface area contributed by atoms with Crippen LogP contribution in [0.25, 0.3) is 11.4 Å². The number of hydrogen-bond acceptors (Lipinski definition) is 3. The summed E-state index contributed by atoms with van der Waals surface area (Å²) in [4.78, 5) is 4.37. The fourth-order valence-corrected chi connectivity index (χ4v) is 1.59. The lowest BCUT2D eigenvalue weighted by Gasteiger charge is -1.92. The second-order valence-electron chi connectivity index (χ2n) is 3.83. The zero-order chi connectivity index (χ0) is 11.2. The van der Waals surface area contributed by atoms with Crippen LogP contribution in [0.3, 0.4) is 0 Å². The van der Waals surface area contributed by atoms with E-state index < -0.39 is 0 Å². The van der Waals surface area contributed by atoms with Crippen LogP contribution in [0.4, 0.5) is 0 Å². The average Bonchev–Trinajstić information content (AvgIpc) is 2.79. The molecule has 16 heavy (non-hydrogen) atoms. The van der Waals surface area contributed by atoms with Crippen LogP contribution in [-0.2, 0) is 6.42 Å². The maximum atomic E-state index is 5.20. The van der Waals surface area contributed by atoms with Crippen molar-refractivity contribution in [1.29, 1.82) is 0 Å². The van der Waals surface area contributed by atoms with Gasteiger partial charge in [-0.05, 0) is 6.42 Å². The Morgan fingerprint density at radius 1 is 1.12 bits per heavy atom. The van der Waals surface area contributed by atoms with E-state index in [2.05, 4.69) is 17.1 Å². The van der Waals surface area contributed by atoms with Crippen molar-refractivity contribution in [3.05, 3.63) is 36.2 Å². The summed E-state index contributed by atoms with van der Waals surface area (Å²) in [5.41, 5.74) is 1.01. The van der Waals surface area contributed by atoms with Crippen LogP contribution >= 0.6 is 0 Å². The monoisotopic (exact) mass is 216 g/mol. The minimum atomic E-state index is 0.687. The molecule has 0 amide bonds. The van der Waals surface area contributed by atoms with Crippen molar-refractivity contribution in [1.82, 2.24) is 10.1 Å². The highest BCUT2D eigenvalue weighted by molar-refractivity contribution is 5.53. The van der Waals surface area contributed by atoms with Gasteiger partial charge in [-0.3, -0.25) is 0 Å². The third-order valence-corrected chi connectivity index (χ3v) is 2.49. The molecule has 0 saturated heterocycles. The van der Waals surface area contributed by atoms with Gasteiger partial charge >= 0.3 is 0 Å². The molecule has 3 nitrogen and oxygen atoms in total. The molecule has 2 rings (SSSR count). The van der Waals surface area contributed by atoms with Crippen molar-refractivity contribution >= 4 is 0 Å². The Bertz CT molecular complexity index is 423. The SMILES string of the molecule is CCCCCc1nc(-c2ccccc2)no1. The van der Waals surface area contributed by atoms with Crippen molar-refractivity contribution in [3.63, 3.8) is 0 Å². The Morgan fingerprint density at radius 2 is 1.94 bits per heavy atom. The third-order valence-electron chi connectivity index (χ3n) is 2.49. The maximum absolute atomic E-state index is 5.20. The summed E-state index contributed by atoms with van der Waals surface area (Å²) >= 11 is 0. The van der Waals surface area contributed by atoms with E-state index in [1.54, 1.807) is 0 Å². The van der Waals surface area contributed by atoms with Crippen molar-refractivity contribution in [3.8, 4) is 11.4 Å². The van der Waals surface area contributed by atoms with Crippen LogP contribution in [0.15, 0.2) is 34.9 Å². The molecule has 0 aliphatic carbocycles. The Morgan fingerprint density at radius 3 is 2.69 bits per heavy atom. The highest BCUT2D eigenvalue weighted by Crippen LogP contribution is 2.15. The molecule has 0 atom stereocenters. The summed E-state index contributed by atoms with van der Waals surface area (Å²) in [6.45, 7) is 2.18. The second kappa shape index (κ2) is 5.45. The fraction of sp³-hybridized carbons (Fsp3) is 0.385. The average molecular weight is 216 g/mol. The Kier molecular flexibility index (Phi) is 3.70. The van der Waals surface area contributed by atoms with Crippen LogP contribution < -0.4 is 0 Å². The molecule has 1 aromatic heterocycles. The summed E-state index contributed by atoms with van der Waals surface area (Å²) < 4.78 is 5.20. The topological polar surface area (TPSA) is 38.9 Å². The van der Waals surface area contributed by atoms with Crippen LogP contribution in [0, 0.1) is 0 Å². The summed E-state index contributed by atoms with van der Waals surface area (Å²) in [7, 11) is 0. The summed E-state index contributed by atoms with van der Waals surface area (Å²) in [5, 5.41) is 3.98. The van der Waals surface area contributed by atoms with Gasteiger partial charge in [-0.2, -0.15) is 4.98 Å². The number of nitrogens with zero attached hydrogens (tertiary/aromatic N) is 2. The van der Waals surface area contributed by atoms with Gasteiger partial charge in [0.05, 0.1) is 0 Å². The molecule has 0 aliphatic rings. The first-order valence-electron chi connectivity index (χ1n) is 5.78. The highest BCUT2D eigenvalue weighted by atomic mass is 16.5. The minimum Gasteiger partial charge on any atom is -0.339 e. The number of rotatable bonds is 5. The van der Waals surface area contributed by atoms with E-state index in [0.717, 1.165) is 24.3 Å². The number of aryl methyl sites for hydroxylation is 1. The van der Waals surface area contributed by atoms with E-state index in [1.807, 2.05) is 30.3 Å². The molecule has 3 heteroatoms. The number of hydrogen-bond donors (Lipinski definition) is 0. The predicted molar refractivity (Wildman–Crippen MR) is 63.0 cm³/mol. The summed E-state index contributed by atoms with van der Waals surface area (Å²) in [6.07, 6.45) is 4.42. The van der Waals surface area contributed by atoms with Crippen molar-refractivity contribution in [2.75, 3.05) is 0 Å². The normalized spacial score (nSPS) is 10.6. The van der Waals surface area contributed by atoms with Gasteiger partial charge in [0, 0.05) is 12.0 Å². The molecule has 0 N–H and O–H groups in total. The molecule has 0 saturated carbocycles. The van der Waals surface area contributed by atoms with Gasteiger partial charge < -0.3 is 4.52 Å². The molecule has 0 spiro atoms. The Labute approximate surface area is 95.5 Å². The van der Waals surface area contributed by atoms with Gasteiger partial charge in [0.1, 0.15) is 0 Å². The fourth-order valence-electron chi connectivity index (χ4n) is 1.59. The zero-order valence-electron chi connectivity index (χ0n) is 9.52. The maximum Gasteiger partial charge on any atom is 0.226 e. The van der Waals surface area contributed by atoms with E-state index >= 15 is 0 Å². The lowest BCUT2D eigenvalue weighted by molar-refractivity contribution is 0.374. The zero-order valence-corrected chi connectivity index (χ0v) is 9.52. The molecule has 1 aromatic carbocycles. The molecule has 2 aromatic rings. The predicted octanol–water partition coefficient (Wildman–Crippen LogP) is 3.47. The van der Waals surface area contributed by atoms with Crippen molar-refractivity contribution in [2.24, 2.45) is 0 Å². The van der Waals surface area contributed by atoms with Crippen molar-refractivity contribution < 1.29 is 4.52 Å². The molecule has 0 fully saturated rings. The van der Waals surface area contributed by atoms with Crippen LogP contribution in [0.2, 0.25) is 0 Å². The molecule has 0 unspecified atom stereocenters. The Balaban J connectivity index is 2.02. The largest absolute Gasteiger partial charge is 0.339 e. The van der Waals surface area contributed by atoms with Gasteiger partial charge in [-0.1, -0.05) is 55.3 Å². The first-order valence-corrected chi connectivity index (χ1v) is 5.78. The second-order valence-corrected chi connectivity index (χ2v) is 3.83. The first kappa shape index (κ1) is 10.9. The first-order chi connectivity index (χ1) is 7.90. The quantitative estimate of drug-likeness (QED) is 0.718. The van der Waals surface area contributed by atoms with Crippen LogP contribution in [-0.4, -0.2) is 10.1 Å². The molecular formula is C13H16N2O. The van der Waals surface area contributed by atoms with Crippen molar-refractivity contribution in [2.45, 2.75) is 32.6 Å².